The second kappa shape index (κ2) is 7.65. The van der Waals surface area contributed by atoms with E-state index in [-0.39, 0.29) is 10.8 Å². The maximum absolute atomic E-state index is 12.7. The Kier molecular flexibility index (Phi) is 5.50. The quantitative estimate of drug-likeness (QED) is 0.538. The van der Waals surface area contributed by atoms with E-state index in [4.69, 9.17) is 11.6 Å². The largest absolute Gasteiger partial charge is 0.312 e. The molecule has 5 nitrogen and oxygen atoms in total. The number of nitrogens with zero attached hydrogens (tertiary/aromatic N) is 2. The summed E-state index contributed by atoms with van der Waals surface area (Å²) in [5.74, 6) is 0.217. The molecule has 8 heteroatoms. The van der Waals surface area contributed by atoms with Crippen LogP contribution < -0.4 is 4.72 Å². The van der Waals surface area contributed by atoms with E-state index in [9.17, 15) is 8.42 Å². The molecule has 1 heterocycles. The molecule has 26 heavy (non-hydrogen) atoms. The molecule has 0 aliphatic rings. The standard InChI is InChI=1S/C18H15BrClN3O2S/c1-2-10-23-12-17(13-6-8-15(20)9-7-13)21-18(23)22-26(24,25)16-5-3-4-14(19)11-16/h2-9,11-12H,1,10H2,(H,21,22). The lowest BCUT2D eigenvalue weighted by atomic mass is 10.2. The molecule has 1 N–H and O–H groups in total. The van der Waals surface area contributed by atoms with E-state index in [1.54, 1.807) is 41.1 Å². The molecule has 3 rings (SSSR count). The number of benzene rings is 2. The summed E-state index contributed by atoms with van der Waals surface area (Å²) in [4.78, 5) is 4.58. The molecule has 1 aromatic heterocycles. The number of allylic oxidation sites excluding steroid dienone is 1. The molecule has 0 fully saturated rings. The van der Waals surface area contributed by atoms with E-state index < -0.39 is 10.0 Å². The predicted molar refractivity (Wildman–Crippen MR) is 108 cm³/mol. The fourth-order valence-corrected chi connectivity index (χ4v) is 4.09. The van der Waals surface area contributed by atoms with Crippen molar-refractivity contribution in [1.29, 1.82) is 0 Å². The van der Waals surface area contributed by atoms with Crippen molar-refractivity contribution in [1.82, 2.24) is 9.55 Å². The molecule has 0 radical (unpaired) electrons. The monoisotopic (exact) mass is 451 g/mol. The maximum Gasteiger partial charge on any atom is 0.264 e. The highest BCUT2D eigenvalue weighted by Gasteiger charge is 2.19. The van der Waals surface area contributed by atoms with Gasteiger partial charge in [0.25, 0.3) is 10.0 Å². The van der Waals surface area contributed by atoms with E-state index >= 15 is 0 Å². The summed E-state index contributed by atoms with van der Waals surface area (Å²) in [6.45, 7) is 4.12. The fraction of sp³-hybridized carbons (Fsp3) is 0.0556. The van der Waals surface area contributed by atoms with Gasteiger partial charge in [-0.1, -0.05) is 51.8 Å². The maximum atomic E-state index is 12.7. The number of sulfonamides is 1. The Morgan fingerprint density at radius 2 is 1.96 bits per heavy atom. The molecule has 2 aromatic carbocycles. The summed E-state index contributed by atoms with van der Waals surface area (Å²) in [6, 6.07) is 13.6. The number of anilines is 1. The second-order valence-corrected chi connectivity index (χ2v) is 8.50. The summed E-state index contributed by atoms with van der Waals surface area (Å²) < 4.78 is 30.3. The topological polar surface area (TPSA) is 64.0 Å². The van der Waals surface area contributed by atoms with Gasteiger partial charge in [0.15, 0.2) is 0 Å². The molecule has 0 amide bonds. The Labute approximate surface area is 165 Å². The van der Waals surface area contributed by atoms with Crippen LogP contribution in [0.1, 0.15) is 0 Å². The van der Waals surface area contributed by atoms with Gasteiger partial charge in [0.05, 0.1) is 10.6 Å². The molecule has 0 atom stereocenters. The van der Waals surface area contributed by atoms with Gasteiger partial charge < -0.3 is 4.57 Å². The molecule has 0 spiro atoms. The Morgan fingerprint density at radius 1 is 1.23 bits per heavy atom. The minimum absolute atomic E-state index is 0.146. The molecule has 0 saturated carbocycles. The van der Waals surface area contributed by atoms with Crippen molar-refractivity contribution < 1.29 is 8.42 Å². The van der Waals surface area contributed by atoms with Crippen LogP contribution in [0.25, 0.3) is 11.3 Å². The number of hydrogen-bond acceptors (Lipinski definition) is 3. The van der Waals surface area contributed by atoms with E-state index in [2.05, 4.69) is 32.2 Å². The molecular weight excluding hydrogens is 438 g/mol. The number of halogens is 2. The van der Waals surface area contributed by atoms with Crippen LogP contribution in [-0.2, 0) is 16.6 Å². The van der Waals surface area contributed by atoms with Gasteiger partial charge in [-0.15, -0.1) is 6.58 Å². The molecular formula is C18H15BrClN3O2S. The van der Waals surface area contributed by atoms with Crippen LogP contribution >= 0.6 is 27.5 Å². The van der Waals surface area contributed by atoms with Crippen molar-refractivity contribution in [3.05, 3.63) is 76.9 Å². The van der Waals surface area contributed by atoms with Crippen LogP contribution in [0.5, 0.6) is 0 Å². The zero-order valence-electron chi connectivity index (χ0n) is 13.6. The SMILES string of the molecule is C=CCn1cc(-c2ccc(Cl)cc2)nc1NS(=O)(=O)c1cccc(Br)c1. The minimum atomic E-state index is -3.77. The molecule has 0 unspecified atom stereocenters. The van der Waals surface area contributed by atoms with Gasteiger partial charge in [0, 0.05) is 27.8 Å². The number of rotatable bonds is 6. The number of imidazole rings is 1. The van der Waals surface area contributed by atoms with Gasteiger partial charge in [-0.3, -0.25) is 0 Å². The summed E-state index contributed by atoms with van der Waals surface area (Å²) in [6.07, 6.45) is 3.44. The highest BCUT2D eigenvalue weighted by molar-refractivity contribution is 9.10. The Balaban J connectivity index is 1.98. The summed E-state index contributed by atoms with van der Waals surface area (Å²) in [5.41, 5.74) is 1.47. The van der Waals surface area contributed by atoms with Gasteiger partial charge in [0.1, 0.15) is 0 Å². The van der Waals surface area contributed by atoms with E-state index in [1.807, 2.05) is 12.1 Å². The van der Waals surface area contributed by atoms with Crippen LogP contribution in [0, 0.1) is 0 Å². The van der Waals surface area contributed by atoms with Gasteiger partial charge in [0.2, 0.25) is 5.95 Å². The summed E-state index contributed by atoms with van der Waals surface area (Å²) >= 11 is 9.20. The minimum Gasteiger partial charge on any atom is -0.312 e. The molecule has 0 aliphatic heterocycles. The van der Waals surface area contributed by atoms with Crippen molar-refractivity contribution >= 4 is 43.5 Å². The normalized spacial score (nSPS) is 11.3. The molecule has 0 aliphatic carbocycles. The average Bonchev–Trinajstić information content (AvgIpc) is 2.98. The molecule has 0 saturated heterocycles. The van der Waals surface area contributed by atoms with E-state index in [0.717, 1.165) is 5.56 Å². The lowest BCUT2D eigenvalue weighted by molar-refractivity contribution is 0.600. The number of aromatic nitrogens is 2. The van der Waals surface area contributed by atoms with Gasteiger partial charge in [-0.2, -0.15) is 0 Å². The molecule has 134 valence electrons. The van der Waals surface area contributed by atoms with E-state index in [0.29, 0.717) is 21.7 Å². The van der Waals surface area contributed by atoms with Crippen LogP contribution in [0.15, 0.2) is 76.8 Å². The van der Waals surface area contributed by atoms with Crippen LogP contribution in [0.4, 0.5) is 5.95 Å². The van der Waals surface area contributed by atoms with Crippen molar-refractivity contribution in [2.45, 2.75) is 11.4 Å². The summed E-state index contributed by atoms with van der Waals surface area (Å²) in [7, 11) is -3.77. The van der Waals surface area contributed by atoms with Crippen LogP contribution in [0.2, 0.25) is 5.02 Å². The van der Waals surface area contributed by atoms with E-state index in [1.165, 1.54) is 12.1 Å². The van der Waals surface area contributed by atoms with Gasteiger partial charge in [-0.25, -0.2) is 18.1 Å². The van der Waals surface area contributed by atoms with Crippen molar-refractivity contribution in [2.75, 3.05) is 4.72 Å². The lowest BCUT2D eigenvalue weighted by Crippen LogP contribution is -2.16. The molecule has 3 aromatic rings. The van der Waals surface area contributed by atoms with Crippen LogP contribution in [-0.4, -0.2) is 18.0 Å². The predicted octanol–water partition coefficient (Wildman–Crippen LogP) is 4.95. The zero-order chi connectivity index (χ0) is 18.7. The Bertz CT molecular complexity index is 1050. The first-order valence-corrected chi connectivity index (χ1v) is 10.3. The summed E-state index contributed by atoms with van der Waals surface area (Å²) in [5, 5.41) is 0.620. The third kappa shape index (κ3) is 4.17. The second-order valence-electron chi connectivity index (χ2n) is 5.46. The fourth-order valence-electron chi connectivity index (χ4n) is 2.35. The smallest absolute Gasteiger partial charge is 0.264 e. The average molecular weight is 453 g/mol. The van der Waals surface area contributed by atoms with Crippen molar-refractivity contribution in [3.8, 4) is 11.3 Å². The Morgan fingerprint density at radius 3 is 2.62 bits per heavy atom. The molecule has 0 bridgehead atoms. The van der Waals surface area contributed by atoms with Gasteiger partial charge >= 0.3 is 0 Å². The zero-order valence-corrected chi connectivity index (χ0v) is 16.7. The lowest BCUT2D eigenvalue weighted by Gasteiger charge is -2.09. The number of hydrogen-bond donors (Lipinski definition) is 1. The first kappa shape index (κ1) is 18.7. The van der Waals surface area contributed by atoms with Crippen molar-refractivity contribution in [3.63, 3.8) is 0 Å². The Hall–Kier alpha value is -2.09. The third-order valence-corrected chi connectivity index (χ3v) is 5.65. The highest BCUT2D eigenvalue weighted by atomic mass is 79.9. The highest BCUT2D eigenvalue weighted by Crippen LogP contribution is 2.25. The first-order valence-electron chi connectivity index (χ1n) is 7.61. The number of nitrogens with one attached hydrogen (secondary N) is 1. The van der Waals surface area contributed by atoms with Crippen LogP contribution in [0.3, 0.4) is 0 Å². The van der Waals surface area contributed by atoms with Gasteiger partial charge in [-0.05, 0) is 30.3 Å². The first-order chi connectivity index (χ1) is 12.4. The van der Waals surface area contributed by atoms with Crippen molar-refractivity contribution in [2.24, 2.45) is 0 Å². The third-order valence-electron chi connectivity index (χ3n) is 3.57.